The Balaban J connectivity index is 1.95. The fourth-order valence-electron chi connectivity index (χ4n) is 7.03. The number of aliphatic hydroxyl groups excluding tert-OH is 2. The van der Waals surface area contributed by atoms with Gasteiger partial charge in [-0.1, -0.05) is 77.7 Å². The molecule has 1 fully saturated rings. The molecule has 1 aliphatic carbocycles. The van der Waals surface area contributed by atoms with Crippen molar-refractivity contribution in [3.05, 3.63) is 5.89 Å². The Labute approximate surface area is 229 Å². The van der Waals surface area contributed by atoms with Crippen LogP contribution >= 0.6 is 0 Å². The Bertz CT molecular complexity index is 746. The first kappa shape index (κ1) is 32.4. The molecule has 8 heteroatoms. The molecule has 1 aromatic rings. The zero-order valence-electron chi connectivity index (χ0n) is 24.4. The minimum Gasteiger partial charge on any atom is -0.593 e. The number of rotatable bonds is 19. The van der Waals surface area contributed by atoms with Gasteiger partial charge in [-0.2, -0.15) is 4.72 Å². The highest BCUT2D eigenvalue weighted by Gasteiger charge is 2.50. The van der Waals surface area contributed by atoms with E-state index in [-0.39, 0.29) is 23.6 Å². The van der Waals surface area contributed by atoms with Gasteiger partial charge in [0, 0.05) is 6.42 Å². The number of anilines is 1. The van der Waals surface area contributed by atoms with Crippen molar-refractivity contribution in [3.63, 3.8) is 0 Å². The van der Waals surface area contributed by atoms with Gasteiger partial charge in [-0.3, -0.25) is 0 Å². The number of nitrogens with one attached hydrogen (secondary N) is 1. The van der Waals surface area contributed by atoms with Crippen LogP contribution in [0.4, 0.5) is 6.01 Å². The molecule has 3 N–H and O–H groups in total. The van der Waals surface area contributed by atoms with Crippen molar-refractivity contribution in [1.82, 2.24) is 10.2 Å². The molecule has 37 heavy (non-hydrogen) atoms. The summed E-state index contributed by atoms with van der Waals surface area (Å²) in [7, 11) is 0. The predicted octanol–water partition coefficient (Wildman–Crippen LogP) is 6.67. The van der Waals surface area contributed by atoms with E-state index in [0.717, 1.165) is 70.6 Å². The molecule has 1 aliphatic rings. The summed E-state index contributed by atoms with van der Waals surface area (Å²) in [4.78, 5) is 0. The Morgan fingerprint density at radius 1 is 1.00 bits per heavy atom. The van der Waals surface area contributed by atoms with Crippen LogP contribution in [0.3, 0.4) is 0 Å². The molecular formula is C29H55N3O4S. The fourth-order valence-corrected chi connectivity index (χ4v) is 7.36. The Hall–Kier alpha value is -0.830. The average Bonchev–Trinajstić information content (AvgIpc) is 3.43. The van der Waals surface area contributed by atoms with E-state index < -0.39 is 11.4 Å². The number of unbranched alkanes of at least 4 members (excludes halogenated alkanes) is 3. The Kier molecular flexibility index (Phi) is 14.3. The van der Waals surface area contributed by atoms with E-state index in [1.165, 1.54) is 25.5 Å². The van der Waals surface area contributed by atoms with Gasteiger partial charge in [0.1, 0.15) is 6.26 Å². The van der Waals surface area contributed by atoms with Crippen LogP contribution in [0, 0.1) is 29.1 Å². The van der Waals surface area contributed by atoms with Crippen molar-refractivity contribution < 1.29 is 19.2 Å². The Morgan fingerprint density at radius 2 is 1.68 bits per heavy atom. The zero-order valence-corrected chi connectivity index (χ0v) is 25.2. The lowest BCUT2D eigenvalue weighted by molar-refractivity contribution is -0.00428. The number of aryl methyl sites for hydroxylation is 1. The molecule has 0 spiro atoms. The quantitative estimate of drug-likeness (QED) is 0.132. The lowest BCUT2D eigenvalue weighted by Gasteiger charge is -2.44. The summed E-state index contributed by atoms with van der Waals surface area (Å²) < 4.78 is 19.4. The summed E-state index contributed by atoms with van der Waals surface area (Å²) >= 11 is -1.22. The summed E-state index contributed by atoms with van der Waals surface area (Å²) in [5.74, 6) is 2.84. The molecule has 1 aromatic heterocycles. The molecule has 7 nitrogen and oxygen atoms in total. The molecule has 0 bridgehead atoms. The first-order valence-corrected chi connectivity index (χ1v) is 16.5. The molecule has 0 aromatic carbocycles. The molecule has 1 heterocycles. The number of aromatic nitrogens is 2. The van der Waals surface area contributed by atoms with Crippen LogP contribution in [0.1, 0.15) is 124 Å². The lowest BCUT2D eigenvalue weighted by Crippen LogP contribution is -2.39. The normalized spacial score (nSPS) is 26.1. The summed E-state index contributed by atoms with van der Waals surface area (Å²) in [6, 6.07) is 0.224. The van der Waals surface area contributed by atoms with E-state index in [0.29, 0.717) is 29.6 Å². The fraction of sp³-hybridized carbons (Fsp3) is 0.931. The SMILES string of the molecule is CCCC[C@@H](O)C(CCCC[C@H](C)O)C1CCC([C@H](C)CCCCc2nnc(N[S+](C)[O-])o2)C1(C)CC. The van der Waals surface area contributed by atoms with Crippen LogP contribution in [-0.2, 0) is 17.8 Å². The molecule has 0 amide bonds. The molecule has 216 valence electrons. The summed E-state index contributed by atoms with van der Waals surface area (Å²) in [6.07, 6.45) is 16.0. The lowest BCUT2D eigenvalue weighted by atomic mass is 9.62. The van der Waals surface area contributed by atoms with Crippen LogP contribution in [0.5, 0.6) is 0 Å². The maximum atomic E-state index is 11.3. The minimum atomic E-state index is -1.22. The van der Waals surface area contributed by atoms with Gasteiger partial charge in [0.2, 0.25) is 5.89 Å². The third-order valence-electron chi connectivity index (χ3n) is 9.20. The first-order valence-electron chi connectivity index (χ1n) is 14.9. The van der Waals surface area contributed by atoms with Gasteiger partial charge in [-0.05, 0) is 74.5 Å². The molecule has 0 saturated heterocycles. The van der Waals surface area contributed by atoms with Crippen molar-refractivity contribution in [1.29, 1.82) is 0 Å². The van der Waals surface area contributed by atoms with Gasteiger partial charge < -0.3 is 19.2 Å². The summed E-state index contributed by atoms with van der Waals surface area (Å²) in [5, 5.41) is 28.9. The molecule has 0 radical (unpaired) electrons. The second kappa shape index (κ2) is 16.3. The Morgan fingerprint density at radius 3 is 2.32 bits per heavy atom. The summed E-state index contributed by atoms with van der Waals surface area (Å²) in [6.45, 7) is 11.4. The van der Waals surface area contributed by atoms with E-state index >= 15 is 0 Å². The predicted molar refractivity (Wildman–Crippen MR) is 152 cm³/mol. The first-order chi connectivity index (χ1) is 17.6. The molecule has 1 saturated carbocycles. The van der Waals surface area contributed by atoms with Crippen molar-refractivity contribution in [2.75, 3.05) is 11.0 Å². The third-order valence-corrected chi connectivity index (χ3v) is 9.67. The third kappa shape index (κ3) is 10.0. The number of hydrogen-bond acceptors (Lipinski definition) is 7. The van der Waals surface area contributed by atoms with E-state index in [2.05, 4.69) is 42.6 Å². The zero-order chi connectivity index (χ0) is 27.4. The largest absolute Gasteiger partial charge is 0.593 e. The maximum Gasteiger partial charge on any atom is 0.358 e. The molecule has 2 rings (SSSR count). The van der Waals surface area contributed by atoms with Gasteiger partial charge >= 0.3 is 6.01 Å². The van der Waals surface area contributed by atoms with Crippen molar-refractivity contribution in [3.8, 4) is 0 Å². The van der Waals surface area contributed by atoms with E-state index in [9.17, 15) is 14.8 Å². The van der Waals surface area contributed by atoms with Crippen LogP contribution in [-0.4, -0.2) is 43.4 Å². The maximum absolute atomic E-state index is 11.3. The minimum absolute atomic E-state index is 0.213. The monoisotopic (exact) mass is 541 g/mol. The van der Waals surface area contributed by atoms with Gasteiger partial charge in [0.25, 0.3) is 0 Å². The number of hydrogen-bond donors (Lipinski definition) is 3. The van der Waals surface area contributed by atoms with Crippen molar-refractivity contribution >= 4 is 17.4 Å². The van der Waals surface area contributed by atoms with Crippen molar-refractivity contribution in [2.24, 2.45) is 29.1 Å². The number of aliphatic hydroxyl groups is 2. The van der Waals surface area contributed by atoms with Gasteiger partial charge in [-0.25, -0.2) is 0 Å². The topological polar surface area (TPSA) is 114 Å². The van der Waals surface area contributed by atoms with Crippen molar-refractivity contribution in [2.45, 2.75) is 137 Å². The molecular weight excluding hydrogens is 486 g/mol. The highest BCUT2D eigenvalue weighted by molar-refractivity contribution is 7.91. The van der Waals surface area contributed by atoms with E-state index in [1.54, 1.807) is 0 Å². The molecule has 8 atom stereocenters. The molecule has 0 aliphatic heterocycles. The van der Waals surface area contributed by atoms with Gasteiger partial charge in [0.15, 0.2) is 0 Å². The highest BCUT2D eigenvalue weighted by Crippen LogP contribution is 2.57. The molecule has 5 unspecified atom stereocenters. The number of nitrogens with zero attached hydrogens (tertiary/aromatic N) is 2. The van der Waals surface area contributed by atoms with Crippen LogP contribution < -0.4 is 4.72 Å². The smallest absolute Gasteiger partial charge is 0.358 e. The van der Waals surface area contributed by atoms with Gasteiger partial charge in [-0.15, -0.1) is 5.10 Å². The van der Waals surface area contributed by atoms with Crippen LogP contribution in [0.2, 0.25) is 0 Å². The second-order valence-electron chi connectivity index (χ2n) is 11.9. The highest BCUT2D eigenvalue weighted by atomic mass is 32.2. The summed E-state index contributed by atoms with van der Waals surface area (Å²) in [5.41, 5.74) is 0.254. The standard InChI is InChI=1S/C29H55N3O4S/c1-7-9-17-26(34)23(16-12-11-15-22(4)33)25-20-19-24(29(25,5)8-2)21(3)14-10-13-18-27-30-31-28(36-27)32-37(6)35/h21-26,33-34H,7-20H2,1-6H3,(H,31,32)/t21-,22+,23?,24?,25?,26-,29?,37?/m1/s1. The van der Waals surface area contributed by atoms with Gasteiger partial charge in [0.05, 0.1) is 23.6 Å². The average molecular weight is 542 g/mol. The van der Waals surface area contributed by atoms with E-state index in [1.807, 2.05) is 6.92 Å². The van der Waals surface area contributed by atoms with E-state index in [4.69, 9.17) is 4.42 Å². The van der Waals surface area contributed by atoms with Crippen LogP contribution in [0.15, 0.2) is 4.42 Å². The van der Waals surface area contributed by atoms with Crippen LogP contribution in [0.25, 0.3) is 0 Å². The second-order valence-corrected chi connectivity index (χ2v) is 13.0.